The van der Waals surface area contributed by atoms with Gasteiger partial charge in [-0.3, -0.25) is 4.21 Å². The minimum Gasteiger partial charge on any atom is -0.478 e. The lowest BCUT2D eigenvalue weighted by atomic mass is 10.1. The number of aliphatic carboxylic acids is 1. The maximum absolute atomic E-state index is 11.4. The molecule has 4 nitrogen and oxygen atoms in total. The van der Waals surface area contributed by atoms with Crippen molar-refractivity contribution in [3.8, 4) is 0 Å². The Labute approximate surface area is 122 Å². The molecule has 1 N–H and O–H groups in total. The van der Waals surface area contributed by atoms with Crippen LogP contribution in [0.15, 0.2) is 28.7 Å². The first-order chi connectivity index (χ1) is 9.06. The molecule has 0 bridgehead atoms. The van der Waals surface area contributed by atoms with Gasteiger partial charge in [-0.1, -0.05) is 15.9 Å². The Morgan fingerprint density at radius 2 is 2.05 bits per heavy atom. The molecule has 1 saturated heterocycles. The first kappa shape index (κ1) is 14.3. The Balaban J connectivity index is 2.28. The van der Waals surface area contributed by atoms with Crippen LogP contribution >= 0.6 is 15.9 Å². The summed E-state index contributed by atoms with van der Waals surface area (Å²) in [6.07, 6.45) is 2.72. The molecule has 1 fully saturated rings. The Hall–Kier alpha value is -1.14. The Morgan fingerprint density at radius 3 is 2.68 bits per heavy atom. The lowest BCUT2D eigenvalue weighted by molar-refractivity contribution is -0.131. The number of benzene rings is 1. The van der Waals surface area contributed by atoms with Gasteiger partial charge in [-0.2, -0.15) is 0 Å². The summed E-state index contributed by atoms with van der Waals surface area (Å²) in [5, 5.41) is 8.73. The van der Waals surface area contributed by atoms with Gasteiger partial charge in [0.15, 0.2) is 0 Å². The second-order valence-corrected chi connectivity index (χ2v) is 6.82. The number of hydrogen-bond donors (Lipinski definition) is 1. The predicted molar refractivity (Wildman–Crippen MR) is 80.9 cm³/mol. The van der Waals surface area contributed by atoms with Gasteiger partial charge in [-0.05, 0) is 29.8 Å². The highest BCUT2D eigenvalue weighted by molar-refractivity contribution is 9.10. The first-order valence-corrected chi connectivity index (χ1v) is 8.15. The van der Waals surface area contributed by atoms with Gasteiger partial charge >= 0.3 is 5.97 Å². The minimum absolute atomic E-state index is 0.665. The van der Waals surface area contributed by atoms with Gasteiger partial charge < -0.3 is 10.0 Å². The molecule has 1 heterocycles. The van der Waals surface area contributed by atoms with Crippen molar-refractivity contribution in [1.82, 2.24) is 0 Å². The first-order valence-electron chi connectivity index (χ1n) is 5.87. The molecule has 19 heavy (non-hydrogen) atoms. The molecule has 1 aromatic carbocycles. The Kier molecular flexibility index (Phi) is 4.76. The molecule has 0 spiro atoms. The van der Waals surface area contributed by atoms with Gasteiger partial charge in [0.05, 0.1) is 0 Å². The zero-order chi connectivity index (χ0) is 13.8. The summed E-state index contributed by atoms with van der Waals surface area (Å²) in [4.78, 5) is 12.8. The van der Waals surface area contributed by atoms with Gasteiger partial charge in [0.25, 0.3) is 0 Å². The molecule has 0 aliphatic carbocycles. The molecule has 0 amide bonds. The van der Waals surface area contributed by atoms with E-state index in [1.807, 2.05) is 18.2 Å². The van der Waals surface area contributed by atoms with Crippen molar-refractivity contribution >= 4 is 44.5 Å². The molecular formula is C13H14BrNO3S. The third-order valence-corrected chi connectivity index (χ3v) is 4.68. The highest BCUT2D eigenvalue weighted by atomic mass is 79.9. The molecular weight excluding hydrogens is 330 g/mol. The number of carboxylic acids is 1. The molecule has 0 aromatic heterocycles. The van der Waals surface area contributed by atoms with Crippen LogP contribution in [0.3, 0.4) is 0 Å². The molecule has 0 saturated carbocycles. The van der Waals surface area contributed by atoms with Crippen molar-refractivity contribution in [2.45, 2.75) is 0 Å². The summed E-state index contributed by atoms with van der Waals surface area (Å²) in [6, 6.07) is 5.78. The fraction of sp³-hybridized carbons (Fsp3) is 0.308. The van der Waals surface area contributed by atoms with Gasteiger partial charge in [0.1, 0.15) is 0 Å². The van der Waals surface area contributed by atoms with Crippen molar-refractivity contribution in [3.63, 3.8) is 0 Å². The quantitative estimate of drug-likeness (QED) is 0.854. The van der Waals surface area contributed by atoms with Gasteiger partial charge in [0.2, 0.25) is 0 Å². The number of carboxylic acid groups (broad SMARTS) is 1. The molecule has 0 atom stereocenters. The smallest absolute Gasteiger partial charge is 0.328 e. The average molecular weight is 344 g/mol. The van der Waals surface area contributed by atoms with Crippen LogP contribution in [0.4, 0.5) is 5.69 Å². The van der Waals surface area contributed by atoms with E-state index in [1.54, 1.807) is 6.08 Å². The molecule has 1 aliphatic rings. The lowest BCUT2D eigenvalue weighted by Gasteiger charge is -2.29. The van der Waals surface area contributed by atoms with E-state index >= 15 is 0 Å². The van der Waals surface area contributed by atoms with Crippen LogP contribution in [0, 0.1) is 0 Å². The Bertz CT molecular complexity index is 535. The lowest BCUT2D eigenvalue weighted by Crippen LogP contribution is -2.38. The van der Waals surface area contributed by atoms with Crippen molar-refractivity contribution in [2.24, 2.45) is 0 Å². The summed E-state index contributed by atoms with van der Waals surface area (Å²) in [7, 11) is -0.720. The molecule has 2 rings (SSSR count). The normalized spacial score (nSPS) is 17.0. The van der Waals surface area contributed by atoms with Crippen LogP contribution in [0.1, 0.15) is 5.56 Å². The summed E-state index contributed by atoms with van der Waals surface area (Å²) >= 11 is 3.39. The number of nitrogens with zero attached hydrogens (tertiary/aromatic N) is 1. The number of rotatable bonds is 3. The number of carbonyl (C=O) groups is 1. The standard InChI is InChI=1S/C13H14BrNO3S/c14-11-2-3-12(10(9-11)1-4-13(16)17)15-5-7-19(18)8-6-15/h1-4,9H,5-8H2,(H,16,17)/b4-1+. The van der Waals surface area contributed by atoms with Gasteiger partial charge in [-0.25, -0.2) is 4.79 Å². The Morgan fingerprint density at radius 1 is 1.37 bits per heavy atom. The molecule has 1 aromatic rings. The fourth-order valence-electron chi connectivity index (χ4n) is 1.99. The van der Waals surface area contributed by atoms with E-state index in [0.29, 0.717) is 11.5 Å². The van der Waals surface area contributed by atoms with E-state index in [2.05, 4.69) is 20.8 Å². The van der Waals surface area contributed by atoms with Crippen molar-refractivity contribution < 1.29 is 14.1 Å². The minimum atomic E-state index is -0.967. The average Bonchev–Trinajstić information content (AvgIpc) is 2.38. The monoisotopic (exact) mass is 343 g/mol. The zero-order valence-electron chi connectivity index (χ0n) is 10.2. The molecule has 0 unspecified atom stereocenters. The van der Waals surface area contributed by atoms with Crippen LogP contribution in [0.2, 0.25) is 0 Å². The number of hydrogen-bond acceptors (Lipinski definition) is 3. The van der Waals surface area contributed by atoms with E-state index in [0.717, 1.165) is 34.9 Å². The van der Waals surface area contributed by atoms with Gasteiger partial charge in [-0.15, -0.1) is 0 Å². The SMILES string of the molecule is O=C(O)/C=C/c1cc(Br)ccc1N1CCS(=O)CC1. The topological polar surface area (TPSA) is 57.6 Å². The van der Waals surface area contributed by atoms with Crippen molar-refractivity contribution in [1.29, 1.82) is 0 Å². The van der Waals surface area contributed by atoms with E-state index in [1.165, 1.54) is 0 Å². The summed E-state index contributed by atoms with van der Waals surface area (Å²) in [6.45, 7) is 1.48. The van der Waals surface area contributed by atoms with Crippen LogP contribution in [0.5, 0.6) is 0 Å². The number of halogens is 1. The molecule has 6 heteroatoms. The molecule has 1 aliphatic heterocycles. The molecule has 102 valence electrons. The maximum Gasteiger partial charge on any atom is 0.328 e. The largest absolute Gasteiger partial charge is 0.478 e. The predicted octanol–water partition coefficient (Wildman–Crippen LogP) is 2.12. The van der Waals surface area contributed by atoms with E-state index in [9.17, 15) is 9.00 Å². The second kappa shape index (κ2) is 6.34. The van der Waals surface area contributed by atoms with Gasteiger partial charge in [0, 0.05) is 51.6 Å². The van der Waals surface area contributed by atoms with Crippen molar-refractivity contribution in [2.75, 3.05) is 29.5 Å². The van der Waals surface area contributed by atoms with Crippen LogP contribution in [0.25, 0.3) is 6.08 Å². The maximum atomic E-state index is 11.4. The van der Waals surface area contributed by atoms with E-state index < -0.39 is 16.8 Å². The summed E-state index contributed by atoms with van der Waals surface area (Å²) < 4.78 is 12.3. The highest BCUT2D eigenvalue weighted by Gasteiger charge is 2.17. The zero-order valence-corrected chi connectivity index (χ0v) is 12.6. The van der Waals surface area contributed by atoms with E-state index in [-0.39, 0.29) is 0 Å². The second-order valence-electron chi connectivity index (χ2n) is 4.21. The number of anilines is 1. The fourth-order valence-corrected chi connectivity index (χ4v) is 3.42. The van der Waals surface area contributed by atoms with Crippen LogP contribution in [-0.2, 0) is 15.6 Å². The van der Waals surface area contributed by atoms with E-state index in [4.69, 9.17) is 5.11 Å². The molecule has 0 radical (unpaired) electrons. The third-order valence-electron chi connectivity index (χ3n) is 2.91. The summed E-state index contributed by atoms with van der Waals surface area (Å²) in [5.41, 5.74) is 1.84. The van der Waals surface area contributed by atoms with Crippen LogP contribution in [-0.4, -0.2) is 39.9 Å². The van der Waals surface area contributed by atoms with Crippen LogP contribution < -0.4 is 4.90 Å². The van der Waals surface area contributed by atoms with Crippen molar-refractivity contribution in [3.05, 3.63) is 34.3 Å². The highest BCUT2D eigenvalue weighted by Crippen LogP contribution is 2.26. The third kappa shape index (κ3) is 3.91. The summed E-state index contributed by atoms with van der Waals surface area (Å²) in [5.74, 6) is 0.363.